The lowest BCUT2D eigenvalue weighted by atomic mass is 10.2. The molecule has 1 aromatic heterocycles. The number of carbonyl (C=O) groups excluding carboxylic acids is 1. The second-order valence-corrected chi connectivity index (χ2v) is 8.55. The van der Waals surface area contributed by atoms with Crippen LogP contribution in [-0.4, -0.2) is 31.0 Å². The highest BCUT2D eigenvalue weighted by molar-refractivity contribution is 7.91. The van der Waals surface area contributed by atoms with Gasteiger partial charge < -0.3 is 20.4 Å². The number of esters is 1. The molecule has 0 radical (unpaired) electrons. The largest absolute Gasteiger partial charge is 0.437 e. The molecule has 0 saturated carbocycles. The summed E-state index contributed by atoms with van der Waals surface area (Å²) in [6.45, 7) is 3.72. The van der Waals surface area contributed by atoms with Gasteiger partial charge in [0.1, 0.15) is 0 Å². The van der Waals surface area contributed by atoms with Crippen LogP contribution >= 0.6 is 12.2 Å². The molecular formula is C18H19N3O4S2. The number of hydrogen-bond acceptors (Lipinski definition) is 5. The standard InChI is InChI=1S/C18H19N3O4S2/c1-11-3-5-14(6-4-11)27(23,24)17(13-7-8-19-9-13)25-16(22)15-10-20-18(26)21-12(15)2/h3-9,17,19H,10H2,1-2H3,(H2,20,21,26). The zero-order valence-electron chi connectivity index (χ0n) is 14.8. The van der Waals surface area contributed by atoms with Crippen molar-refractivity contribution in [2.75, 3.05) is 6.54 Å². The number of aromatic amines is 1. The molecule has 1 unspecified atom stereocenters. The number of carbonyl (C=O) groups is 1. The van der Waals surface area contributed by atoms with E-state index >= 15 is 0 Å². The Morgan fingerprint density at radius 1 is 1.19 bits per heavy atom. The van der Waals surface area contributed by atoms with Crippen molar-refractivity contribution in [1.82, 2.24) is 15.6 Å². The fraction of sp³-hybridized carbons (Fsp3) is 0.222. The first-order valence-electron chi connectivity index (χ1n) is 8.18. The van der Waals surface area contributed by atoms with E-state index in [1.807, 2.05) is 6.92 Å². The molecule has 0 bridgehead atoms. The zero-order chi connectivity index (χ0) is 19.6. The molecular weight excluding hydrogens is 386 g/mol. The van der Waals surface area contributed by atoms with E-state index in [1.165, 1.54) is 18.3 Å². The van der Waals surface area contributed by atoms with Gasteiger partial charge >= 0.3 is 5.97 Å². The van der Waals surface area contributed by atoms with Gasteiger partial charge in [-0.1, -0.05) is 17.7 Å². The van der Waals surface area contributed by atoms with Gasteiger partial charge in [-0.05, 0) is 44.3 Å². The Hall–Kier alpha value is -2.65. The summed E-state index contributed by atoms with van der Waals surface area (Å²) >= 11 is 5.00. The summed E-state index contributed by atoms with van der Waals surface area (Å²) in [4.78, 5) is 15.6. The van der Waals surface area contributed by atoms with Crippen molar-refractivity contribution in [2.45, 2.75) is 24.2 Å². The summed E-state index contributed by atoms with van der Waals surface area (Å²) in [5, 5.41) is 6.07. The molecule has 1 aliphatic rings. The lowest BCUT2D eigenvalue weighted by molar-refractivity contribution is -0.141. The Labute approximate surface area is 162 Å². The molecule has 27 heavy (non-hydrogen) atoms. The smallest absolute Gasteiger partial charge is 0.339 e. The van der Waals surface area contributed by atoms with Gasteiger partial charge in [-0.3, -0.25) is 0 Å². The third kappa shape index (κ3) is 4.04. The number of sulfone groups is 1. The van der Waals surface area contributed by atoms with Gasteiger partial charge in [-0.15, -0.1) is 0 Å². The van der Waals surface area contributed by atoms with Crippen molar-refractivity contribution in [3.05, 3.63) is 65.1 Å². The first-order valence-corrected chi connectivity index (χ1v) is 10.1. The average molecular weight is 406 g/mol. The Bertz CT molecular complexity index is 994. The molecule has 2 heterocycles. The van der Waals surface area contributed by atoms with Crippen molar-refractivity contribution < 1.29 is 17.9 Å². The number of H-pyrrole nitrogens is 1. The molecule has 0 saturated heterocycles. The number of aromatic nitrogens is 1. The normalized spacial score (nSPS) is 15.7. The SMILES string of the molecule is CC1=C(C(=O)OC(c2cc[nH]c2)S(=O)(=O)c2ccc(C)cc2)CNC(=S)N1. The highest BCUT2D eigenvalue weighted by Gasteiger charge is 2.34. The predicted molar refractivity (Wildman–Crippen MR) is 104 cm³/mol. The zero-order valence-corrected chi connectivity index (χ0v) is 16.4. The fourth-order valence-corrected chi connectivity index (χ4v) is 4.34. The van der Waals surface area contributed by atoms with E-state index in [9.17, 15) is 13.2 Å². The van der Waals surface area contributed by atoms with Gasteiger partial charge in [-0.25, -0.2) is 13.2 Å². The molecule has 0 fully saturated rings. The third-order valence-electron chi connectivity index (χ3n) is 4.17. The average Bonchev–Trinajstić information content (AvgIpc) is 3.13. The van der Waals surface area contributed by atoms with Gasteiger partial charge in [0, 0.05) is 23.7 Å². The topological polar surface area (TPSA) is 100 Å². The molecule has 0 spiro atoms. The third-order valence-corrected chi connectivity index (χ3v) is 6.27. The van der Waals surface area contributed by atoms with Gasteiger partial charge in [0.2, 0.25) is 15.3 Å². The number of rotatable bonds is 5. The molecule has 1 atom stereocenters. The first-order chi connectivity index (χ1) is 12.8. The van der Waals surface area contributed by atoms with Crippen molar-refractivity contribution in [2.24, 2.45) is 0 Å². The molecule has 0 aliphatic carbocycles. The van der Waals surface area contributed by atoms with Gasteiger partial charge in [-0.2, -0.15) is 0 Å². The van der Waals surface area contributed by atoms with Crippen LogP contribution in [0, 0.1) is 6.92 Å². The van der Waals surface area contributed by atoms with Crippen molar-refractivity contribution >= 4 is 33.1 Å². The summed E-state index contributed by atoms with van der Waals surface area (Å²) in [6.07, 6.45) is 3.07. The van der Waals surface area contributed by atoms with Crippen LogP contribution in [0.4, 0.5) is 0 Å². The quantitative estimate of drug-likeness (QED) is 0.517. The summed E-state index contributed by atoms with van der Waals surface area (Å²) in [5.74, 6) is -0.725. The van der Waals surface area contributed by atoms with Crippen LogP contribution in [0.2, 0.25) is 0 Å². The minimum atomic E-state index is -3.96. The number of thiocarbonyl (C=S) groups is 1. The molecule has 9 heteroatoms. The van der Waals surface area contributed by atoms with E-state index in [4.69, 9.17) is 17.0 Å². The maximum atomic E-state index is 13.1. The maximum absolute atomic E-state index is 13.1. The highest BCUT2D eigenvalue weighted by Crippen LogP contribution is 2.31. The monoisotopic (exact) mass is 405 g/mol. The van der Waals surface area contributed by atoms with E-state index in [0.717, 1.165) is 5.56 Å². The van der Waals surface area contributed by atoms with Gasteiger partial charge in [0.15, 0.2) is 5.11 Å². The van der Waals surface area contributed by atoms with Crippen LogP contribution in [0.15, 0.2) is 58.9 Å². The Morgan fingerprint density at radius 2 is 1.89 bits per heavy atom. The molecule has 0 amide bonds. The first kappa shape index (κ1) is 19.1. The van der Waals surface area contributed by atoms with Crippen molar-refractivity contribution in [1.29, 1.82) is 0 Å². The van der Waals surface area contributed by atoms with Gasteiger partial charge in [0.05, 0.1) is 17.0 Å². The lowest BCUT2D eigenvalue weighted by Crippen LogP contribution is -2.43. The van der Waals surface area contributed by atoms with Crippen LogP contribution in [0.25, 0.3) is 0 Å². The number of allylic oxidation sites excluding steroid dienone is 1. The molecule has 2 aromatic rings. The lowest BCUT2D eigenvalue weighted by Gasteiger charge is -2.23. The number of hydrogen-bond donors (Lipinski definition) is 3. The predicted octanol–water partition coefficient (Wildman–Crippen LogP) is 2.09. The second kappa shape index (κ2) is 7.53. The van der Waals surface area contributed by atoms with Crippen LogP contribution in [0.5, 0.6) is 0 Å². The maximum Gasteiger partial charge on any atom is 0.339 e. The number of benzene rings is 1. The summed E-state index contributed by atoms with van der Waals surface area (Å²) in [5.41, 5.74) is 0.635. The van der Waals surface area contributed by atoms with E-state index < -0.39 is 21.2 Å². The van der Waals surface area contributed by atoms with E-state index in [1.54, 1.807) is 31.3 Å². The number of ether oxygens (including phenoxy) is 1. The minimum Gasteiger partial charge on any atom is -0.437 e. The van der Waals surface area contributed by atoms with Crippen molar-refractivity contribution in [3.63, 3.8) is 0 Å². The summed E-state index contributed by atoms with van der Waals surface area (Å²) in [6, 6.07) is 7.98. The number of nitrogens with one attached hydrogen (secondary N) is 3. The molecule has 142 valence electrons. The van der Waals surface area contributed by atoms with E-state index in [-0.39, 0.29) is 11.4 Å². The van der Waals surface area contributed by atoms with E-state index in [0.29, 0.717) is 21.9 Å². The molecule has 3 rings (SSSR count). The Kier molecular flexibility index (Phi) is 5.33. The van der Waals surface area contributed by atoms with Crippen molar-refractivity contribution in [3.8, 4) is 0 Å². The van der Waals surface area contributed by atoms with Crippen LogP contribution in [0.1, 0.15) is 23.5 Å². The Morgan fingerprint density at radius 3 is 2.48 bits per heavy atom. The molecule has 1 aliphatic heterocycles. The Balaban J connectivity index is 1.96. The fourth-order valence-electron chi connectivity index (χ4n) is 2.63. The van der Waals surface area contributed by atoms with Crippen LogP contribution in [-0.2, 0) is 19.4 Å². The number of aryl methyl sites for hydroxylation is 1. The summed E-state index contributed by atoms with van der Waals surface area (Å²) < 4.78 is 31.7. The van der Waals surface area contributed by atoms with Crippen LogP contribution in [0.3, 0.4) is 0 Å². The molecule has 3 N–H and O–H groups in total. The molecule has 1 aromatic carbocycles. The summed E-state index contributed by atoms with van der Waals surface area (Å²) in [7, 11) is -3.96. The van der Waals surface area contributed by atoms with E-state index in [2.05, 4.69) is 15.6 Å². The van der Waals surface area contributed by atoms with Gasteiger partial charge in [0.25, 0.3) is 0 Å². The molecule has 7 nitrogen and oxygen atoms in total. The minimum absolute atomic E-state index is 0.0823. The second-order valence-electron chi connectivity index (χ2n) is 6.15. The van der Waals surface area contributed by atoms with Crippen LogP contribution < -0.4 is 10.6 Å². The highest BCUT2D eigenvalue weighted by atomic mass is 32.2.